The predicted octanol–water partition coefficient (Wildman–Crippen LogP) is 5.13. The largest absolute Gasteiger partial charge is 0.408 e. The number of hydrogen-bond acceptors (Lipinski definition) is 3. The van der Waals surface area contributed by atoms with Crippen molar-refractivity contribution in [1.82, 2.24) is 0 Å². The van der Waals surface area contributed by atoms with Crippen LogP contribution in [0.3, 0.4) is 0 Å². The lowest BCUT2D eigenvalue weighted by molar-refractivity contribution is -0.112. The Bertz CT molecular complexity index is 347. The fraction of sp³-hybridized carbons (Fsp3) is 0.889. The summed E-state index contributed by atoms with van der Waals surface area (Å²) in [5.41, 5.74) is 1.06. The van der Waals surface area contributed by atoms with E-state index in [0.29, 0.717) is 5.92 Å². The minimum Gasteiger partial charge on any atom is -0.408 e. The van der Waals surface area contributed by atoms with E-state index in [1.165, 1.54) is 31.3 Å². The monoisotopic (exact) mass is 328 g/mol. The molecule has 2 atom stereocenters. The molecule has 1 aliphatic carbocycles. The minimum atomic E-state index is -1.64. The highest BCUT2D eigenvalue weighted by molar-refractivity contribution is 6.69. The molecule has 0 saturated heterocycles. The van der Waals surface area contributed by atoms with Crippen LogP contribution in [0.5, 0.6) is 0 Å². The van der Waals surface area contributed by atoms with Crippen molar-refractivity contribution in [3.63, 3.8) is 0 Å². The van der Waals surface area contributed by atoms with E-state index in [2.05, 4.69) is 33.1 Å². The van der Waals surface area contributed by atoms with E-state index in [4.69, 9.17) is 13.9 Å². The summed E-state index contributed by atoms with van der Waals surface area (Å²) in [6.07, 6.45) is 8.05. The predicted molar refractivity (Wildman–Crippen MR) is 95.6 cm³/mol. The molecule has 0 bridgehead atoms. The Kier molecular flexibility index (Phi) is 7.79. The molecule has 0 spiro atoms. The Morgan fingerprint density at radius 3 is 2.32 bits per heavy atom. The van der Waals surface area contributed by atoms with E-state index in [1.807, 2.05) is 0 Å². The van der Waals surface area contributed by atoms with Crippen molar-refractivity contribution < 1.29 is 13.9 Å². The molecule has 4 heteroatoms. The molecular weight excluding hydrogens is 292 g/mol. The van der Waals surface area contributed by atoms with Crippen LogP contribution in [0.15, 0.2) is 12.2 Å². The molecule has 0 aliphatic heterocycles. The maximum Gasteiger partial charge on any atom is 0.184 e. The number of methoxy groups -OCH3 is 2. The van der Waals surface area contributed by atoms with Crippen LogP contribution in [0.4, 0.5) is 0 Å². The Labute approximate surface area is 138 Å². The fourth-order valence-electron chi connectivity index (χ4n) is 3.77. The van der Waals surface area contributed by atoms with Crippen molar-refractivity contribution >= 4 is 8.32 Å². The van der Waals surface area contributed by atoms with Gasteiger partial charge in [-0.25, -0.2) is 0 Å². The molecule has 1 saturated carbocycles. The Morgan fingerprint density at radius 1 is 1.18 bits per heavy atom. The Balaban J connectivity index is 2.96. The van der Waals surface area contributed by atoms with Crippen molar-refractivity contribution in [2.75, 3.05) is 14.2 Å². The highest BCUT2D eigenvalue weighted by atomic mass is 28.4. The van der Waals surface area contributed by atoms with E-state index in [1.54, 1.807) is 14.2 Å². The maximum absolute atomic E-state index is 6.78. The molecule has 0 amide bonds. The van der Waals surface area contributed by atoms with Gasteiger partial charge < -0.3 is 13.9 Å². The summed E-state index contributed by atoms with van der Waals surface area (Å²) in [6.45, 7) is 13.3. The van der Waals surface area contributed by atoms with Gasteiger partial charge in [0, 0.05) is 14.2 Å². The van der Waals surface area contributed by atoms with Crippen LogP contribution < -0.4 is 0 Å². The van der Waals surface area contributed by atoms with Gasteiger partial charge in [0.05, 0.1) is 5.60 Å². The second kappa shape index (κ2) is 8.62. The van der Waals surface area contributed by atoms with Crippen LogP contribution in [0.25, 0.3) is 0 Å². The molecule has 0 aromatic carbocycles. The van der Waals surface area contributed by atoms with Crippen LogP contribution in [0, 0.1) is 5.92 Å². The van der Waals surface area contributed by atoms with Gasteiger partial charge in [-0.3, -0.25) is 0 Å². The molecule has 0 aromatic rings. The molecule has 0 unspecified atom stereocenters. The second-order valence-electron chi connectivity index (χ2n) is 7.66. The normalized spacial score (nSPS) is 27.0. The smallest absolute Gasteiger partial charge is 0.184 e. The quantitative estimate of drug-likeness (QED) is 0.267. The van der Waals surface area contributed by atoms with Gasteiger partial charge in [0.15, 0.2) is 14.6 Å². The van der Waals surface area contributed by atoms with Gasteiger partial charge in [0.2, 0.25) is 0 Å². The van der Waals surface area contributed by atoms with Gasteiger partial charge >= 0.3 is 0 Å². The van der Waals surface area contributed by atoms with Crippen LogP contribution >= 0.6 is 0 Å². The molecule has 3 nitrogen and oxygen atoms in total. The third-order valence-electron chi connectivity index (χ3n) is 4.75. The van der Waals surface area contributed by atoms with Crippen LogP contribution in [0.2, 0.25) is 19.6 Å². The third-order valence-corrected chi connectivity index (χ3v) is 5.72. The first-order valence-electron chi connectivity index (χ1n) is 8.67. The highest BCUT2D eigenvalue weighted by Crippen LogP contribution is 2.44. The molecule has 130 valence electrons. The number of ether oxygens (including phenoxy) is 2. The zero-order valence-corrected chi connectivity index (χ0v) is 16.5. The summed E-state index contributed by atoms with van der Waals surface area (Å²) in [6, 6.07) is 0. The Morgan fingerprint density at radius 2 is 1.82 bits per heavy atom. The summed E-state index contributed by atoms with van der Waals surface area (Å²) in [4.78, 5) is 0. The molecule has 1 fully saturated rings. The lowest BCUT2D eigenvalue weighted by Gasteiger charge is -2.45. The first kappa shape index (κ1) is 19.9. The lowest BCUT2D eigenvalue weighted by atomic mass is 9.76. The standard InChI is InChI=1S/C18H36O3Si/c1-15(2)18(21-22(5,6)7)14-10-8-9-11-16(18)12-13-17(19-3)20-4/h16-17H,1,8-14H2,2-7H3/t16-,18+/m0/s1. The van der Waals surface area contributed by atoms with E-state index >= 15 is 0 Å². The average molecular weight is 329 g/mol. The maximum atomic E-state index is 6.78. The van der Waals surface area contributed by atoms with Crippen LogP contribution in [-0.2, 0) is 13.9 Å². The van der Waals surface area contributed by atoms with Crippen molar-refractivity contribution in [1.29, 1.82) is 0 Å². The molecule has 1 rings (SSSR count). The third kappa shape index (κ3) is 5.48. The first-order chi connectivity index (χ1) is 10.2. The molecular formula is C18H36O3Si. The van der Waals surface area contributed by atoms with Crippen molar-refractivity contribution in [2.45, 2.75) is 83.4 Å². The Hall–Kier alpha value is -0.163. The van der Waals surface area contributed by atoms with Crippen LogP contribution in [0.1, 0.15) is 51.9 Å². The second-order valence-corrected chi connectivity index (χ2v) is 12.1. The SMILES string of the molecule is C=C(C)[C@]1(O[Si](C)(C)C)CCCCC[C@H]1CCC(OC)OC. The van der Waals surface area contributed by atoms with Gasteiger partial charge in [-0.15, -0.1) is 0 Å². The summed E-state index contributed by atoms with van der Waals surface area (Å²) >= 11 is 0. The molecule has 22 heavy (non-hydrogen) atoms. The first-order valence-corrected chi connectivity index (χ1v) is 12.1. The summed E-state index contributed by atoms with van der Waals surface area (Å²) in [5.74, 6) is 0.520. The zero-order chi connectivity index (χ0) is 16.8. The molecule has 0 aromatic heterocycles. The average Bonchev–Trinajstić information content (AvgIpc) is 2.62. The van der Waals surface area contributed by atoms with E-state index in [9.17, 15) is 0 Å². The molecule has 0 N–H and O–H groups in total. The summed E-state index contributed by atoms with van der Waals surface area (Å²) < 4.78 is 17.5. The number of hydrogen-bond donors (Lipinski definition) is 0. The van der Waals surface area contributed by atoms with Gasteiger partial charge in [-0.1, -0.05) is 25.8 Å². The molecule has 0 radical (unpaired) electrons. The van der Waals surface area contributed by atoms with E-state index < -0.39 is 8.32 Å². The highest BCUT2D eigenvalue weighted by Gasteiger charge is 2.43. The van der Waals surface area contributed by atoms with Gasteiger partial charge in [0.1, 0.15) is 0 Å². The summed E-state index contributed by atoms with van der Waals surface area (Å²) in [7, 11) is 1.79. The van der Waals surface area contributed by atoms with Gasteiger partial charge in [-0.05, 0) is 63.7 Å². The van der Waals surface area contributed by atoms with Crippen molar-refractivity contribution in [3.05, 3.63) is 12.2 Å². The minimum absolute atomic E-state index is 0.113. The lowest BCUT2D eigenvalue weighted by Crippen LogP contribution is -2.48. The van der Waals surface area contributed by atoms with Crippen molar-refractivity contribution in [2.24, 2.45) is 5.92 Å². The van der Waals surface area contributed by atoms with Crippen molar-refractivity contribution in [3.8, 4) is 0 Å². The zero-order valence-electron chi connectivity index (χ0n) is 15.5. The number of rotatable bonds is 8. The summed E-state index contributed by atoms with van der Waals surface area (Å²) in [5, 5.41) is 0. The van der Waals surface area contributed by atoms with Gasteiger partial charge in [0.25, 0.3) is 0 Å². The molecule has 1 aliphatic rings. The van der Waals surface area contributed by atoms with Gasteiger partial charge in [-0.2, -0.15) is 0 Å². The topological polar surface area (TPSA) is 27.7 Å². The molecule has 0 heterocycles. The van der Waals surface area contributed by atoms with E-state index in [-0.39, 0.29) is 11.9 Å². The fourth-order valence-corrected chi connectivity index (χ4v) is 5.30. The van der Waals surface area contributed by atoms with Crippen LogP contribution in [-0.4, -0.2) is 34.4 Å². The van der Waals surface area contributed by atoms with E-state index in [0.717, 1.165) is 19.3 Å².